The first-order chi connectivity index (χ1) is 12.1. The van der Waals surface area contributed by atoms with Crippen molar-refractivity contribution in [2.45, 2.75) is 38.8 Å². The number of hydrogen-bond donors (Lipinski definition) is 0. The number of thioether (sulfide) groups is 1. The predicted molar refractivity (Wildman–Crippen MR) is 97.8 cm³/mol. The molecule has 7 heteroatoms. The summed E-state index contributed by atoms with van der Waals surface area (Å²) in [5, 5.41) is 4.52. The van der Waals surface area contributed by atoms with E-state index in [0.29, 0.717) is 6.54 Å². The molecule has 2 aliphatic heterocycles. The number of carbonyl (C=O) groups excluding carboxylic acids is 1. The Morgan fingerprint density at radius 3 is 2.84 bits per heavy atom. The van der Waals surface area contributed by atoms with Gasteiger partial charge in [-0.05, 0) is 25.3 Å². The van der Waals surface area contributed by atoms with Gasteiger partial charge in [-0.1, -0.05) is 29.8 Å². The van der Waals surface area contributed by atoms with Crippen molar-refractivity contribution in [3.63, 3.8) is 0 Å². The van der Waals surface area contributed by atoms with E-state index in [-0.39, 0.29) is 17.6 Å². The van der Waals surface area contributed by atoms with E-state index in [1.807, 2.05) is 36.1 Å². The van der Waals surface area contributed by atoms with E-state index in [1.54, 1.807) is 16.3 Å². The molecule has 0 saturated carbocycles. The summed E-state index contributed by atoms with van der Waals surface area (Å²) in [6.45, 7) is 3.26. The molecule has 0 bridgehead atoms. The highest BCUT2D eigenvalue weighted by atomic mass is 32.2. The third-order valence-corrected chi connectivity index (χ3v) is 5.90. The number of amides is 1. The van der Waals surface area contributed by atoms with Gasteiger partial charge in [-0.15, -0.1) is 11.8 Å². The first-order valence-electron chi connectivity index (χ1n) is 8.74. The second-order valence-electron chi connectivity index (χ2n) is 6.76. The molecule has 2 aliphatic rings. The lowest BCUT2D eigenvalue weighted by Crippen LogP contribution is -2.41. The van der Waals surface area contributed by atoms with Crippen LogP contribution in [-0.4, -0.2) is 43.3 Å². The lowest BCUT2D eigenvalue weighted by Gasteiger charge is -2.26. The number of fused-ring (bicyclic) bond motifs is 1. The van der Waals surface area contributed by atoms with Gasteiger partial charge in [0.15, 0.2) is 0 Å². The van der Waals surface area contributed by atoms with E-state index in [0.717, 1.165) is 48.8 Å². The number of hydrogen-bond acceptors (Lipinski definition) is 4. The predicted octanol–water partition coefficient (Wildman–Crippen LogP) is 1.81. The van der Waals surface area contributed by atoms with Crippen LogP contribution in [0.3, 0.4) is 0 Å². The molecule has 132 valence electrons. The van der Waals surface area contributed by atoms with E-state index in [4.69, 9.17) is 0 Å². The molecule has 0 spiro atoms. The van der Waals surface area contributed by atoms with Crippen LogP contribution in [0.1, 0.15) is 35.8 Å². The van der Waals surface area contributed by atoms with Crippen molar-refractivity contribution >= 4 is 17.7 Å². The minimum absolute atomic E-state index is 0.0722. The Bertz CT molecular complexity index is 834. The molecule has 1 fully saturated rings. The average molecular weight is 358 g/mol. The van der Waals surface area contributed by atoms with Gasteiger partial charge in [0.05, 0.1) is 12.4 Å². The lowest BCUT2D eigenvalue weighted by molar-refractivity contribution is -0.133. The molecular formula is C18H22N4O2S. The molecule has 0 unspecified atom stereocenters. The highest BCUT2D eigenvalue weighted by molar-refractivity contribution is 7.99. The van der Waals surface area contributed by atoms with Crippen LogP contribution in [0.2, 0.25) is 0 Å². The van der Waals surface area contributed by atoms with Crippen LogP contribution in [0.25, 0.3) is 0 Å². The number of benzene rings is 1. The summed E-state index contributed by atoms with van der Waals surface area (Å²) in [4.78, 5) is 27.6. The second-order valence-corrected chi connectivity index (χ2v) is 7.83. The van der Waals surface area contributed by atoms with Gasteiger partial charge in [0.1, 0.15) is 11.9 Å². The van der Waals surface area contributed by atoms with E-state index in [9.17, 15) is 9.59 Å². The topological polar surface area (TPSA) is 60.1 Å². The summed E-state index contributed by atoms with van der Waals surface area (Å²) in [5.41, 5.74) is 2.07. The Labute approximate surface area is 150 Å². The Morgan fingerprint density at radius 1 is 1.32 bits per heavy atom. The molecule has 1 saturated heterocycles. The third-order valence-electron chi connectivity index (χ3n) is 4.93. The van der Waals surface area contributed by atoms with Gasteiger partial charge in [-0.2, -0.15) is 5.10 Å². The van der Waals surface area contributed by atoms with Crippen molar-refractivity contribution in [3.05, 3.63) is 51.7 Å². The quantitative estimate of drug-likeness (QED) is 0.840. The summed E-state index contributed by atoms with van der Waals surface area (Å²) < 4.78 is 3.15. The second kappa shape index (κ2) is 6.71. The minimum atomic E-state index is -0.387. The summed E-state index contributed by atoms with van der Waals surface area (Å²) in [7, 11) is 0. The van der Waals surface area contributed by atoms with Crippen LogP contribution in [0.15, 0.2) is 29.1 Å². The molecule has 1 atom stereocenters. The monoisotopic (exact) mass is 358 g/mol. The maximum Gasteiger partial charge on any atom is 0.346 e. The van der Waals surface area contributed by atoms with Gasteiger partial charge in [0.25, 0.3) is 0 Å². The molecule has 0 N–H and O–H groups in total. The van der Waals surface area contributed by atoms with Crippen LogP contribution < -0.4 is 5.69 Å². The number of aromatic nitrogens is 3. The average Bonchev–Trinajstić information content (AvgIpc) is 3.25. The minimum Gasteiger partial charge on any atom is -0.331 e. The summed E-state index contributed by atoms with van der Waals surface area (Å²) >= 11 is 1.76. The molecule has 1 aromatic carbocycles. The third kappa shape index (κ3) is 3.13. The van der Waals surface area contributed by atoms with Crippen LogP contribution in [0.4, 0.5) is 0 Å². The highest BCUT2D eigenvalue weighted by Crippen LogP contribution is 2.26. The Kier molecular flexibility index (Phi) is 4.41. The molecule has 2 aromatic rings. The molecule has 4 rings (SSSR count). The molecule has 25 heavy (non-hydrogen) atoms. The van der Waals surface area contributed by atoms with Crippen LogP contribution in [0.5, 0.6) is 0 Å². The van der Waals surface area contributed by atoms with Crippen molar-refractivity contribution in [3.8, 4) is 0 Å². The Morgan fingerprint density at radius 2 is 2.12 bits per heavy atom. The fraction of sp³-hybridized carbons (Fsp3) is 0.500. The zero-order valence-corrected chi connectivity index (χ0v) is 15.2. The van der Waals surface area contributed by atoms with E-state index >= 15 is 0 Å². The Hall–Kier alpha value is -2.02. The molecule has 1 aromatic heterocycles. The summed E-state index contributed by atoms with van der Waals surface area (Å²) in [6, 6.07) is 7.72. The zero-order valence-electron chi connectivity index (χ0n) is 14.4. The van der Waals surface area contributed by atoms with Crippen LogP contribution in [0, 0.1) is 6.92 Å². The molecule has 6 nitrogen and oxygen atoms in total. The molecular weight excluding hydrogens is 336 g/mol. The summed E-state index contributed by atoms with van der Waals surface area (Å²) in [5.74, 6) is 2.53. The van der Waals surface area contributed by atoms with Crippen molar-refractivity contribution in [1.29, 1.82) is 0 Å². The van der Waals surface area contributed by atoms with E-state index < -0.39 is 0 Å². The highest BCUT2D eigenvalue weighted by Gasteiger charge is 2.34. The summed E-state index contributed by atoms with van der Waals surface area (Å²) in [6.07, 6.45) is 2.39. The number of rotatable bonds is 3. The first-order valence-corrected chi connectivity index (χ1v) is 9.89. The van der Waals surface area contributed by atoms with Gasteiger partial charge >= 0.3 is 5.69 Å². The fourth-order valence-electron chi connectivity index (χ4n) is 3.53. The fourth-order valence-corrected chi connectivity index (χ4v) is 4.49. The molecule has 0 aliphatic carbocycles. The molecule has 3 heterocycles. The van der Waals surface area contributed by atoms with Gasteiger partial charge in [-0.25, -0.2) is 9.48 Å². The SMILES string of the molecule is Cc1ccc(Cn2nc3n(c2=O)[C@H](C(=O)N2CCSC2)CCC3)cc1. The maximum absolute atomic E-state index is 12.9. The van der Waals surface area contributed by atoms with Crippen molar-refractivity contribution in [2.75, 3.05) is 18.2 Å². The van der Waals surface area contributed by atoms with Crippen molar-refractivity contribution in [2.24, 2.45) is 0 Å². The van der Waals surface area contributed by atoms with Crippen molar-refractivity contribution < 1.29 is 4.79 Å². The molecule has 1 amide bonds. The largest absolute Gasteiger partial charge is 0.346 e. The van der Waals surface area contributed by atoms with Crippen LogP contribution >= 0.6 is 11.8 Å². The van der Waals surface area contributed by atoms with Gasteiger partial charge in [0.2, 0.25) is 5.91 Å². The van der Waals surface area contributed by atoms with E-state index in [2.05, 4.69) is 5.10 Å². The standard InChI is InChI=1S/C18H22N4O2S/c1-13-5-7-14(8-6-13)11-21-18(24)22-15(3-2-4-16(22)19-21)17(23)20-9-10-25-12-20/h5-8,15H,2-4,9-12H2,1H3/t15-/m0/s1. The Balaban J connectivity index is 1.63. The number of aryl methyl sites for hydroxylation is 2. The van der Waals surface area contributed by atoms with Gasteiger partial charge < -0.3 is 4.90 Å². The van der Waals surface area contributed by atoms with Crippen LogP contribution in [-0.2, 0) is 17.8 Å². The zero-order chi connectivity index (χ0) is 17.4. The van der Waals surface area contributed by atoms with Gasteiger partial charge in [-0.3, -0.25) is 9.36 Å². The normalized spacial score (nSPS) is 19.9. The lowest BCUT2D eigenvalue weighted by atomic mass is 10.0. The number of nitrogens with zero attached hydrogens (tertiary/aromatic N) is 4. The smallest absolute Gasteiger partial charge is 0.331 e. The van der Waals surface area contributed by atoms with E-state index in [1.165, 1.54) is 10.2 Å². The van der Waals surface area contributed by atoms with Gasteiger partial charge in [0, 0.05) is 18.7 Å². The maximum atomic E-state index is 12.9. The molecule has 0 radical (unpaired) electrons. The first kappa shape index (κ1) is 16.4. The van der Waals surface area contributed by atoms with Crippen molar-refractivity contribution in [1.82, 2.24) is 19.2 Å². The number of carbonyl (C=O) groups is 1.